The average Bonchev–Trinajstić information content (AvgIpc) is 2.49. The van der Waals surface area contributed by atoms with E-state index in [2.05, 4.69) is 26.6 Å². The molecule has 0 atom stereocenters. The molecule has 0 fully saturated rings. The van der Waals surface area contributed by atoms with E-state index >= 15 is 0 Å². The third-order valence-electron chi connectivity index (χ3n) is 2.79. The largest absolute Gasteiger partial charge is 0.478 e. The van der Waals surface area contributed by atoms with E-state index < -0.39 is 5.97 Å². The van der Waals surface area contributed by atoms with Gasteiger partial charge < -0.3 is 10.4 Å². The number of aromatic carboxylic acids is 1. The molecule has 8 heteroatoms. The highest BCUT2D eigenvalue weighted by Crippen LogP contribution is 2.20. The van der Waals surface area contributed by atoms with E-state index in [0.717, 1.165) is 4.47 Å². The van der Waals surface area contributed by atoms with E-state index in [1.54, 1.807) is 30.3 Å². The number of carbonyl (C=O) groups is 2. The van der Waals surface area contributed by atoms with E-state index in [4.69, 9.17) is 28.9 Å². The van der Waals surface area contributed by atoms with Gasteiger partial charge in [0.15, 0.2) is 5.11 Å². The van der Waals surface area contributed by atoms with Gasteiger partial charge in [0.2, 0.25) is 0 Å². The van der Waals surface area contributed by atoms with Gasteiger partial charge in [0, 0.05) is 15.7 Å². The molecule has 2 rings (SSSR count). The molecular weight excluding hydrogens is 404 g/mol. The zero-order chi connectivity index (χ0) is 17.0. The number of nitrogens with one attached hydrogen (secondary N) is 2. The van der Waals surface area contributed by atoms with Crippen LogP contribution in [0, 0.1) is 0 Å². The topological polar surface area (TPSA) is 78.4 Å². The van der Waals surface area contributed by atoms with E-state index in [1.807, 2.05) is 0 Å². The average molecular weight is 414 g/mol. The van der Waals surface area contributed by atoms with Crippen LogP contribution < -0.4 is 10.6 Å². The molecule has 3 N–H and O–H groups in total. The molecule has 1 amide bonds. The second-order valence-electron chi connectivity index (χ2n) is 4.41. The first-order valence-electron chi connectivity index (χ1n) is 6.27. The fourth-order valence-corrected chi connectivity index (χ4v) is 2.38. The van der Waals surface area contributed by atoms with Crippen molar-refractivity contribution in [1.29, 1.82) is 0 Å². The van der Waals surface area contributed by atoms with Crippen LogP contribution in [-0.2, 0) is 0 Å². The quantitative estimate of drug-likeness (QED) is 0.665. The van der Waals surface area contributed by atoms with Crippen molar-refractivity contribution in [3.05, 3.63) is 63.1 Å². The minimum absolute atomic E-state index is 0.0524. The van der Waals surface area contributed by atoms with Crippen LogP contribution in [0.25, 0.3) is 0 Å². The number of carbonyl (C=O) groups excluding carboxylic acids is 1. The Morgan fingerprint density at radius 2 is 1.78 bits per heavy atom. The van der Waals surface area contributed by atoms with E-state index in [9.17, 15) is 9.59 Å². The van der Waals surface area contributed by atoms with E-state index in [0.29, 0.717) is 11.3 Å². The fourth-order valence-electron chi connectivity index (χ4n) is 1.71. The van der Waals surface area contributed by atoms with Crippen molar-refractivity contribution >= 4 is 62.4 Å². The molecule has 0 aliphatic heterocycles. The Hall–Kier alpha value is -1.96. The van der Waals surface area contributed by atoms with Crippen molar-refractivity contribution in [3.63, 3.8) is 0 Å². The van der Waals surface area contributed by atoms with Crippen LogP contribution in [0.4, 0.5) is 5.69 Å². The first kappa shape index (κ1) is 17.4. The number of hydrogen-bond acceptors (Lipinski definition) is 3. The number of hydrogen-bond donors (Lipinski definition) is 3. The number of benzene rings is 2. The number of rotatable bonds is 3. The normalized spacial score (nSPS) is 10.0. The van der Waals surface area contributed by atoms with E-state index in [1.165, 1.54) is 12.1 Å². The molecule has 0 aliphatic carbocycles. The molecule has 0 bridgehead atoms. The number of anilines is 1. The first-order valence-corrected chi connectivity index (χ1v) is 7.85. The van der Waals surface area contributed by atoms with Crippen molar-refractivity contribution in [1.82, 2.24) is 5.32 Å². The minimum Gasteiger partial charge on any atom is -0.478 e. The van der Waals surface area contributed by atoms with Crippen LogP contribution in [0.5, 0.6) is 0 Å². The second-order valence-corrected chi connectivity index (χ2v) is 6.15. The Labute approximate surface area is 150 Å². The molecule has 0 saturated carbocycles. The third-order valence-corrected chi connectivity index (χ3v) is 3.85. The van der Waals surface area contributed by atoms with Crippen molar-refractivity contribution in [2.75, 3.05) is 5.32 Å². The molecule has 0 aromatic heterocycles. The Morgan fingerprint density at radius 3 is 2.39 bits per heavy atom. The van der Waals surface area contributed by atoms with Gasteiger partial charge in [0.25, 0.3) is 5.91 Å². The van der Waals surface area contributed by atoms with Gasteiger partial charge in [-0.1, -0.05) is 27.5 Å². The monoisotopic (exact) mass is 412 g/mol. The lowest BCUT2D eigenvalue weighted by Crippen LogP contribution is -2.34. The number of carboxylic acids is 1. The summed E-state index contributed by atoms with van der Waals surface area (Å²) >= 11 is 14.1. The van der Waals surface area contributed by atoms with Gasteiger partial charge in [0.1, 0.15) is 0 Å². The van der Waals surface area contributed by atoms with Gasteiger partial charge in [-0.15, -0.1) is 0 Å². The van der Waals surface area contributed by atoms with Gasteiger partial charge in [-0.3, -0.25) is 10.1 Å². The number of carboxylic acid groups (broad SMARTS) is 1. The SMILES string of the molecule is O=C(NC(=S)Nc1ccc(Cl)c(C(=O)O)c1)c1ccc(Br)cc1. The maximum absolute atomic E-state index is 12.0. The van der Waals surface area contributed by atoms with Gasteiger partial charge >= 0.3 is 5.97 Å². The van der Waals surface area contributed by atoms with Gasteiger partial charge in [-0.25, -0.2) is 4.79 Å². The number of thiocarbonyl (C=S) groups is 1. The number of amides is 1. The summed E-state index contributed by atoms with van der Waals surface area (Å²) in [4.78, 5) is 23.0. The second kappa shape index (κ2) is 7.54. The summed E-state index contributed by atoms with van der Waals surface area (Å²) in [5.41, 5.74) is 0.797. The van der Waals surface area contributed by atoms with Crippen LogP contribution in [-0.4, -0.2) is 22.1 Å². The summed E-state index contributed by atoms with van der Waals surface area (Å²) in [6.45, 7) is 0. The molecule has 0 unspecified atom stereocenters. The van der Waals surface area contributed by atoms with Crippen molar-refractivity contribution < 1.29 is 14.7 Å². The zero-order valence-electron chi connectivity index (χ0n) is 11.5. The molecule has 2 aromatic rings. The molecule has 0 aliphatic rings. The molecule has 23 heavy (non-hydrogen) atoms. The van der Waals surface area contributed by atoms with Gasteiger partial charge in [0.05, 0.1) is 10.6 Å². The molecular formula is C15H10BrClN2O3S. The summed E-state index contributed by atoms with van der Waals surface area (Å²) in [6.07, 6.45) is 0. The molecule has 0 radical (unpaired) electrons. The highest BCUT2D eigenvalue weighted by Gasteiger charge is 2.11. The van der Waals surface area contributed by atoms with E-state index in [-0.39, 0.29) is 21.6 Å². The van der Waals surface area contributed by atoms with Crippen LogP contribution >= 0.6 is 39.7 Å². The van der Waals surface area contributed by atoms with Crippen molar-refractivity contribution in [2.24, 2.45) is 0 Å². The lowest BCUT2D eigenvalue weighted by Gasteiger charge is -2.10. The van der Waals surface area contributed by atoms with Gasteiger partial charge in [-0.05, 0) is 54.7 Å². The summed E-state index contributed by atoms with van der Waals surface area (Å²) < 4.78 is 0.858. The zero-order valence-corrected chi connectivity index (χ0v) is 14.6. The Kier molecular flexibility index (Phi) is 5.70. The van der Waals surface area contributed by atoms with Crippen LogP contribution in [0.2, 0.25) is 5.02 Å². The maximum Gasteiger partial charge on any atom is 0.337 e. The molecule has 0 saturated heterocycles. The molecule has 2 aromatic carbocycles. The molecule has 118 valence electrons. The third kappa shape index (κ3) is 4.75. The lowest BCUT2D eigenvalue weighted by atomic mass is 10.2. The smallest absolute Gasteiger partial charge is 0.337 e. The molecule has 5 nitrogen and oxygen atoms in total. The lowest BCUT2D eigenvalue weighted by molar-refractivity contribution is 0.0697. The Morgan fingerprint density at radius 1 is 1.13 bits per heavy atom. The van der Waals surface area contributed by atoms with Crippen molar-refractivity contribution in [2.45, 2.75) is 0 Å². The highest BCUT2D eigenvalue weighted by molar-refractivity contribution is 9.10. The summed E-state index contributed by atoms with van der Waals surface area (Å²) in [7, 11) is 0. The van der Waals surface area contributed by atoms with Crippen LogP contribution in [0.1, 0.15) is 20.7 Å². The summed E-state index contributed by atoms with van der Waals surface area (Å²) in [5.74, 6) is -1.52. The Bertz CT molecular complexity index is 781. The fraction of sp³-hybridized carbons (Fsp3) is 0. The van der Waals surface area contributed by atoms with Crippen molar-refractivity contribution in [3.8, 4) is 0 Å². The van der Waals surface area contributed by atoms with Crippen LogP contribution in [0.15, 0.2) is 46.9 Å². The van der Waals surface area contributed by atoms with Crippen LogP contribution in [0.3, 0.4) is 0 Å². The maximum atomic E-state index is 12.0. The Balaban J connectivity index is 2.05. The predicted molar refractivity (Wildman–Crippen MR) is 96.2 cm³/mol. The molecule has 0 spiro atoms. The predicted octanol–water partition coefficient (Wildman–Crippen LogP) is 3.93. The van der Waals surface area contributed by atoms with Gasteiger partial charge in [-0.2, -0.15) is 0 Å². The number of halogens is 2. The first-order chi connectivity index (χ1) is 10.9. The highest BCUT2D eigenvalue weighted by atomic mass is 79.9. The summed E-state index contributed by atoms with van der Waals surface area (Å²) in [6, 6.07) is 11.1. The summed E-state index contributed by atoms with van der Waals surface area (Å²) in [5, 5.41) is 14.5. The minimum atomic E-state index is -1.15. The standard InChI is InChI=1S/C15H10BrClN2O3S/c16-9-3-1-8(2-4-9)13(20)19-15(23)18-10-5-6-12(17)11(7-10)14(21)22/h1-7H,(H,21,22)(H2,18,19,20,23). The molecule has 0 heterocycles.